The van der Waals surface area contributed by atoms with E-state index in [2.05, 4.69) is 15.2 Å². The van der Waals surface area contributed by atoms with Crippen LogP contribution in [0, 0.1) is 5.41 Å². The molecule has 1 atom stereocenters. The van der Waals surface area contributed by atoms with Crippen molar-refractivity contribution >= 4 is 27.7 Å². The summed E-state index contributed by atoms with van der Waals surface area (Å²) in [5.74, 6) is 2.72. The first-order valence-corrected chi connectivity index (χ1v) is 11.4. The standard InChI is InChI=1S/C15H28N4O3S2/c1-16-14(18-5-2-15(12-18)3-8-22-13-15)17-4-11-24(20,21)19-6-9-23-10-7-19/h2-13H2,1H3,(H,16,17). The molecule has 3 aliphatic heterocycles. The summed E-state index contributed by atoms with van der Waals surface area (Å²) in [5.41, 5.74) is 0.273. The van der Waals surface area contributed by atoms with E-state index in [1.807, 2.05) is 11.8 Å². The summed E-state index contributed by atoms with van der Waals surface area (Å²) in [7, 11) is -1.41. The van der Waals surface area contributed by atoms with Gasteiger partial charge in [-0.1, -0.05) is 0 Å². The van der Waals surface area contributed by atoms with E-state index in [1.54, 1.807) is 11.4 Å². The van der Waals surface area contributed by atoms with Gasteiger partial charge in [0.1, 0.15) is 0 Å². The van der Waals surface area contributed by atoms with Crippen molar-refractivity contribution in [3.8, 4) is 0 Å². The lowest BCUT2D eigenvalue weighted by Crippen LogP contribution is -2.45. The van der Waals surface area contributed by atoms with Crippen LogP contribution in [-0.2, 0) is 14.8 Å². The van der Waals surface area contributed by atoms with E-state index in [1.165, 1.54) is 0 Å². The van der Waals surface area contributed by atoms with Crippen molar-refractivity contribution in [1.82, 2.24) is 14.5 Å². The van der Waals surface area contributed by atoms with E-state index in [-0.39, 0.29) is 11.2 Å². The van der Waals surface area contributed by atoms with Gasteiger partial charge >= 0.3 is 0 Å². The largest absolute Gasteiger partial charge is 0.381 e. The summed E-state index contributed by atoms with van der Waals surface area (Å²) in [6.45, 7) is 5.27. The number of nitrogens with zero attached hydrogens (tertiary/aromatic N) is 3. The molecule has 3 saturated heterocycles. The molecule has 3 aliphatic rings. The maximum atomic E-state index is 12.4. The van der Waals surface area contributed by atoms with Crippen LogP contribution in [0.5, 0.6) is 0 Å². The number of rotatable bonds is 4. The molecule has 0 aliphatic carbocycles. The lowest BCUT2D eigenvalue weighted by atomic mass is 9.87. The molecule has 0 aromatic carbocycles. The maximum Gasteiger partial charge on any atom is 0.215 e. The van der Waals surface area contributed by atoms with E-state index in [4.69, 9.17) is 4.74 Å². The molecule has 1 spiro atoms. The summed E-state index contributed by atoms with van der Waals surface area (Å²) >= 11 is 1.82. The SMILES string of the molecule is CN=C(NCCS(=O)(=O)N1CCSCC1)N1CCC2(CCOC2)C1. The monoisotopic (exact) mass is 376 g/mol. The number of nitrogens with one attached hydrogen (secondary N) is 1. The van der Waals surface area contributed by atoms with Crippen LogP contribution in [-0.4, -0.2) is 93.8 Å². The number of thioether (sulfide) groups is 1. The van der Waals surface area contributed by atoms with Gasteiger partial charge in [0, 0.05) is 63.3 Å². The Morgan fingerprint density at radius 2 is 2.08 bits per heavy atom. The van der Waals surface area contributed by atoms with Crippen molar-refractivity contribution in [1.29, 1.82) is 0 Å². The van der Waals surface area contributed by atoms with Gasteiger partial charge in [-0.15, -0.1) is 0 Å². The van der Waals surface area contributed by atoms with Gasteiger partial charge in [0.15, 0.2) is 5.96 Å². The topological polar surface area (TPSA) is 74.2 Å². The van der Waals surface area contributed by atoms with Crippen LogP contribution in [0.1, 0.15) is 12.8 Å². The van der Waals surface area contributed by atoms with Crippen LogP contribution in [0.4, 0.5) is 0 Å². The van der Waals surface area contributed by atoms with Crippen molar-refractivity contribution in [3.63, 3.8) is 0 Å². The van der Waals surface area contributed by atoms with Gasteiger partial charge in [-0.3, -0.25) is 4.99 Å². The molecule has 7 nitrogen and oxygen atoms in total. The van der Waals surface area contributed by atoms with Crippen molar-refractivity contribution in [2.45, 2.75) is 12.8 Å². The first-order chi connectivity index (χ1) is 11.5. The summed E-state index contributed by atoms with van der Waals surface area (Å²) in [6, 6.07) is 0. The molecular weight excluding hydrogens is 348 g/mol. The lowest BCUT2D eigenvalue weighted by molar-refractivity contribution is 0.156. The second-order valence-electron chi connectivity index (χ2n) is 6.78. The van der Waals surface area contributed by atoms with Crippen LogP contribution >= 0.6 is 11.8 Å². The minimum Gasteiger partial charge on any atom is -0.381 e. The highest BCUT2D eigenvalue weighted by Crippen LogP contribution is 2.38. The molecule has 1 unspecified atom stereocenters. The Balaban J connectivity index is 1.48. The van der Waals surface area contributed by atoms with E-state index in [0.29, 0.717) is 19.6 Å². The zero-order chi connectivity index (χ0) is 17.0. The molecule has 3 heterocycles. The number of sulfonamides is 1. The molecular formula is C15H28N4O3S2. The molecule has 3 fully saturated rings. The number of hydrogen-bond donors (Lipinski definition) is 1. The molecule has 1 N–H and O–H groups in total. The smallest absolute Gasteiger partial charge is 0.215 e. The minimum absolute atomic E-state index is 0.124. The third-order valence-electron chi connectivity index (χ3n) is 5.14. The Labute approximate surface area is 149 Å². The van der Waals surface area contributed by atoms with Gasteiger partial charge in [0.05, 0.1) is 12.4 Å². The van der Waals surface area contributed by atoms with E-state index < -0.39 is 10.0 Å². The number of hydrogen-bond acceptors (Lipinski definition) is 5. The third kappa shape index (κ3) is 4.17. The van der Waals surface area contributed by atoms with Crippen LogP contribution in [0.25, 0.3) is 0 Å². The van der Waals surface area contributed by atoms with Crippen molar-refractivity contribution in [3.05, 3.63) is 0 Å². The van der Waals surface area contributed by atoms with E-state index in [9.17, 15) is 8.42 Å². The van der Waals surface area contributed by atoms with Gasteiger partial charge in [0.25, 0.3) is 0 Å². The van der Waals surface area contributed by atoms with Gasteiger partial charge < -0.3 is 15.0 Å². The van der Waals surface area contributed by atoms with Crippen LogP contribution in [0.2, 0.25) is 0 Å². The van der Waals surface area contributed by atoms with Crippen LogP contribution in [0.15, 0.2) is 4.99 Å². The van der Waals surface area contributed by atoms with Gasteiger partial charge in [-0.2, -0.15) is 11.8 Å². The Hall–Kier alpha value is -0.510. The summed E-state index contributed by atoms with van der Waals surface area (Å²) in [6.07, 6.45) is 2.24. The molecule has 0 aromatic rings. The maximum absolute atomic E-state index is 12.4. The Kier molecular flexibility index (Phi) is 5.94. The highest BCUT2D eigenvalue weighted by Gasteiger charge is 2.42. The molecule has 138 valence electrons. The average Bonchev–Trinajstić information content (AvgIpc) is 3.23. The minimum atomic E-state index is -3.17. The van der Waals surface area contributed by atoms with E-state index in [0.717, 1.165) is 56.6 Å². The predicted octanol–water partition coefficient (Wildman–Crippen LogP) is 0.0528. The molecule has 0 bridgehead atoms. The lowest BCUT2D eigenvalue weighted by Gasteiger charge is -2.27. The number of ether oxygens (including phenoxy) is 1. The molecule has 0 saturated carbocycles. The normalized spacial score (nSPS) is 29.5. The summed E-state index contributed by atoms with van der Waals surface area (Å²) < 4.78 is 32.0. The quantitative estimate of drug-likeness (QED) is 0.552. The second kappa shape index (κ2) is 7.80. The van der Waals surface area contributed by atoms with Gasteiger partial charge in [0.2, 0.25) is 10.0 Å². The Bertz CT molecular complexity index is 555. The fraction of sp³-hybridized carbons (Fsp3) is 0.933. The first-order valence-electron chi connectivity index (χ1n) is 8.64. The molecule has 24 heavy (non-hydrogen) atoms. The Morgan fingerprint density at radius 1 is 1.29 bits per heavy atom. The third-order valence-corrected chi connectivity index (χ3v) is 7.96. The fourth-order valence-electron chi connectivity index (χ4n) is 3.67. The zero-order valence-corrected chi connectivity index (χ0v) is 16.0. The zero-order valence-electron chi connectivity index (χ0n) is 14.4. The van der Waals surface area contributed by atoms with Gasteiger partial charge in [-0.25, -0.2) is 12.7 Å². The number of guanidine groups is 1. The molecule has 3 rings (SSSR count). The molecule has 0 aromatic heterocycles. The van der Waals surface area contributed by atoms with Gasteiger partial charge in [-0.05, 0) is 12.8 Å². The van der Waals surface area contributed by atoms with Crippen molar-refractivity contribution in [2.75, 3.05) is 70.2 Å². The Morgan fingerprint density at radius 3 is 2.75 bits per heavy atom. The van der Waals surface area contributed by atoms with E-state index >= 15 is 0 Å². The van der Waals surface area contributed by atoms with Crippen molar-refractivity contribution in [2.24, 2.45) is 10.4 Å². The average molecular weight is 377 g/mol. The summed E-state index contributed by atoms with van der Waals surface area (Å²) in [5, 5.41) is 3.24. The fourth-order valence-corrected chi connectivity index (χ4v) is 6.16. The first kappa shape index (κ1) is 18.3. The summed E-state index contributed by atoms with van der Waals surface area (Å²) in [4.78, 5) is 6.57. The molecule has 0 amide bonds. The molecule has 9 heteroatoms. The number of aliphatic imine (C=N–C) groups is 1. The van der Waals surface area contributed by atoms with Crippen molar-refractivity contribution < 1.29 is 13.2 Å². The van der Waals surface area contributed by atoms with Crippen LogP contribution < -0.4 is 5.32 Å². The number of likely N-dealkylation sites (tertiary alicyclic amines) is 1. The molecule has 0 radical (unpaired) electrons. The second-order valence-corrected chi connectivity index (χ2v) is 10.1. The predicted molar refractivity (Wildman–Crippen MR) is 98.1 cm³/mol. The highest BCUT2D eigenvalue weighted by atomic mass is 32.2. The highest BCUT2D eigenvalue weighted by molar-refractivity contribution is 7.99. The van der Waals surface area contributed by atoms with Crippen LogP contribution in [0.3, 0.4) is 0 Å².